The molecule has 0 spiro atoms. The van der Waals surface area contributed by atoms with Gasteiger partial charge in [0.1, 0.15) is 0 Å². The van der Waals surface area contributed by atoms with E-state index in [4.69, 9.17) is 9.26 Å². The number of nitrogens with zero attached hydrogens (tertiary/aromatic N) is 4. The SMILES string of the molecule is Cc1cc(C(=O)N2CCN(S(=O)(=O)N3CCOCC3)CC2)on1. The average molecular weight is 344 g/mol. The van der Waals surface area contributed by atoms with Gasteiger partial charge in [-0.05, 0) is 6.92 Å². The Kier molecular flexibility index (Phi) is 4.67. The maximum atomic E-state index is 12.6. The first-order chi connectivity index (χ1) is 11.0. The van der Waals surface area contributed by atoms with E-state index in [1.807, 2.05) is 0 Å². The lowest BCUT2D eigenvalue weighted by Gasteiger charge is -2.37. The predicted molar refractivity (Wildman–Crippen MR) is 80.0 cm³/mol. The molecule has 1 aromatic heterocycles. The zero-order valence-corrected chi connectivity index (χ0v) is 13.8. The van der Waals surface area contributed by atoms with Gasteiger partial charge in [0.2, 0.25) is 5.76 Å². The third kappa shape index (κ3) is 3.39. The zero-order valence-electron chi connectivity index (χ0n) is 13.0. The number of carbonyl (C=O) groups is 1. The van der Waals surface area contributed by atoms with Crippen LogP contribution in [0.25, 0.3) is 0 Å². The van der Waals surface area contributed by atoms with Crippen LogP contribution in [0.5, 0.6) is 0 Å². The molecule has 1 aromatic rings. The molecule has 3 rings (SSSR count). The third-order valence-electron chi connectivity index (χ3n) is 3.99. The van der Waals surface area contributed by atoms with Gasteiger partial charge in [-0.25, -0.2) is 0 Å². The topological polar surface area (TPSA) is 96.2 Å². The lowest BCUT2D eigenvalue weighted by atomic mass is 10.3. The smallest absolute Gasteiger partial charge is 0.292 e. The van der Waals surface area contributed by atoms with Crippen molar-refractivity contribution in [2.45, 2.75) is 6.92 Å². The average Bonchev–Trinajstić information content (AvgIpc) is 3.01. The van der Waals surface area contributed by atoms with Crippen LogP contribution in [-0.4, -0.2) is 85.5 Å². The van der Waals surface area contributed by atoms with Crippen LogP contribution in [0.4, 0.5) is 0 Å². The van der Waals surface area contributed by atoms with Gasteiger partial charge in [0.25, 0.3) is 16.1 Å². The second kappa shape index (κ2) is 6.56. The molecule has 3 heterocycles. The fourth-order valence-corrected chi connectivity index (χ4v) is 4.24. The Morgan fingerprint density at radius 2 is 1.70 bits per heavy atom. The Morgan fingerprint density at radius 3 is 2.26 bits per heavy atom. The van der Waals surface area contributed by atoms with Crippen LogP contribution in [0, 0.1) is 6.92 Å². The number of aryl methyl sites for hydroxylation is 1. The van der Waals surface area contributed by atoms with E-state index in [0.29, 0.717) is 45.1 Å². The van der Waals surface area contributed by atoms with Gasteiger partial charge in [-0.1, -0.05) is 5.16 Å². The largest absolute Gasteiger partial charge is 0.379 e. The van der Waals surface area contributed by atoms with Crippen molar-refractivity contribution in [3.05, 3.63) is 17.5 Å². The van der Waals surface area contributed by atoms with Crippen molar-refractivity contribution in [1.82, 2.24) is 18.7 Å². The van der Waals surface area contributed by atoms with Crippen molar-refractivity contribution >= 4 is 16.1 Å². The van der Waals surface area contributed by atoms with Gasteiger partial charge >= 0.3 is 0 Å². The molecule has 9 nitrogen and oxygen atoms in total. The van der Waals surface area contributed by atoms with Crippen LogP contribution in [0.3, 0.4) is 0 Å². The summed E-state index contributed by atoms with van der Waals surface area (Å²) in [5, 5.41) is 3.70. The Bertz CT molecular complexity index is 660. The number of ether oxygens (including phenoxy) is 1. The Morgan fingerprint density at radius 1 is 1.09 bits per heavy atom. The van der Waals surface area contributed by atoms with E-state index in [1.165, 1.54) is 8.61 Å². The minimum atomic E-state index is -3.48. The molecule has 1 amide bonds. The third-order valence-corrected chi connectivity index (χ3v) is 6.02. The summed E-state index contributed by atoms with van der Waals surface area (Å²) >= 11 is 0. The van der Waals surface area contributed by atoms with Crippen molar-refractivity contribution < 1.29 is 22.5 Å². The van der Waals surface area contributed by atoms with Gasteiger partial charge < -0.3 is 14.2 Å². The normalized spacial score (nSPS) is 21.5. The van der Waals surface area contributed by atoms with Gasteiger partial charge in [0.05, 0.1) is 18.9 Å². The highest BCUT2D eigenvalue weighted by Crippen LogP contribution is 2.15. The zero-order chi connectivity index (χ0) is 16.4. The Labute approximate surface area is 134 Å². The quantitative estimate of drug-likeness (QED) is 0.721. The minimum absolute atomic E-state index is 0.187. The molecular weight excluding hydrogens is 324 g/mol. The summed E-state index contributed by atoms with van der Waals surface area (Å²) in [5.41, 5.74) is 0.641. The van der Waals surface area contributed by atoms with Gasteiger partial charge in [-0.2, -0.15) is 17.0 Å². The molecule has 0 saturated carbocycles. The molecule has 10 heteroatoms. The molecule has 0 aromatic carbocycles. The summed E-state index contributed by atoms with van der Waals surface area (Å²) in [4.78, 5) is 13.9. The summed E-state index contributed by atoms with van der Waals surface area (Å²) in [6.07, 6.45) is 0. The van der Waals surface area contributed by atoms with Crippen LogP contribution in [0.2, 0.25) is 0 Å². The summed E-state index contributed by atoms with van der Waals surface area (Å²) in [7, 11) is -3.48. The fourth-order valence-electron chi connectivity index (χ4n) is 2.68. The first-order valence-corrected chi connectivity index (χ1v) is 8.94. The molecular formula is C13H20N4O5S. The van der Waals surface area contributed by atoms with Gasteiger partial charge in [0.15, 0.2) is 0 Å². The summed E-state index contributed by atoms with van der Waals surface area (Å²) in [6.45, 7) is 4.55. The molecule has 0 bridgehead atoms. The number of aromatic nitrogens is 1. The molecule has 128 valence electrons. The van der Waals surface area contributed by atoms with E-state index in [2.05, 4.69) is 5.16 Å². The number of rotatable bonds is 3. The van der Waals surface area contributed by atoms with Crippen molar-refractivity contribution in [3.63, 3.8) is 0 Å². The number of morpholine rings is 1. The van der Waals surface area contributed by atoms with Crippen LogP contribution in [-0.2, 0) is 14.9 Å². The molecule has 0 unspecified atom stereocenters. The maximum Gasteiger partial charge on any atom is 0.292 e. The molecule has 2 aliphatic heterocycles. The monoisotopic (exact) mass is 344 g/mol. The van der Waals surface area contributed by atoms with Crippen molar-refractivity contribution in [2.75, 3.05) is 52.5 Å². The fraction of sp³-hybridized carbons (Fsp3) is 0.692. The number of hydrogen-bond acceptors (Lipinski definition) is 6. The predicted octanol–water partition coefficient (Wildman–Crippen LogP) is -0.682. The van der Waals surface area contributed by atoms with Crippen LogP contribution in [0.1, 0.15) is 16.2 Å². The minimum Gasteiger partial charge on any atom is -0.379 e. The van der Waals surface area contributed by atoms with E-state index in [-0.39, 0.29) is 24.8 Å². The molecule has 0 aliphatic carbocycles. The lowest BCUT2D eigenvalue weighted by Crippen LogP contribution is -2.55. The van der Waals surface area contributed by atoms with E-state index >= 15 is 0 Å². The number of piperazine rings is 1. The van der Waals surface area contributed by atoms with Crippen molar-refractivity contribution in [2.24, 2.45) is 0 Å². The van der Waals surface area contributed by atoms with Crippen LogP contribution in [0.15, 0.2) is 10.6 Å². The van der Waals surface area contributed by atoms with E-state index in [0.717, 1.165) is 0 Å². The highest BCUT2D eigenvalue weighted by atomic mass is 32.2. The summed E-state index contributed by atoms with van der Waals surface area (Å²) in [6, 6.07) is 1.58. The second-order valence-corrected chi connectivity index (χ2v) is 7.47. The summed E-state index contributed by atoms with van der Waals surface area (Å²) < 4.78 is 38.1. The van der Waals surface area contributed by atoms with Gasteiger partial charge in [-0.15, -0.1) is 0 Å². The molecule has 2 saturated heterocycles. The molecule has 2 aliphatic rings. The van der Waals surface area contributed by atoms with Crippen LogP contribution >= 0.6 is 0 Å². The van der Waals surface area contributed by atoms with E-state index in [1.54, 1.807) is 17.9 Å². The molecule has 0 atom stereocenters. The standard InChI is InChI=1S/C13H20N4O5S/c1-11-10-12(22-14-11)13(18)15-2-4-16(5-3-15)23(19,20)17-6-8-21-9-7-17/h10H,2-9H2,1H3. The molecule has 0 N–H and O–H groups in total. The number of amides is 1. The first kappa shape index (κ1) is 16.4. The molecule has 0 radical (unpaired) electrons. The van der Waals surface area contributed by atoms with Crippen LogP contribution < -0.4 is 0 Å². The first-order valence-electron chi connectivity index (χ1n) is 7.54. The highest BCUT2D eigenvalue weighted by Gasteiger charge is 2.34. The van der Waals surface area contributed by atoms with Crippen molar-refractivity contribution in [1.29, 1.82) is 0 Å². The number of hydrogen-bond donors (Lipinski definition) is 0. The van der Waals surface area contributed by atoms with Gasteiger partial charge in [0, 0.05) is 45.3 Å². The van der Waals surface area contributed by atoms with Crippen molar-refractivity contribution in [3.8, 4) is 0 Å². The maximum absolute atomic E-state index is 12.6. The van der Waals surface area contributed by atoms with E-state index < -0.39 is 10.2 Å². The highest BCUT2D eigenvalue weighted by molar-refractivity contribution is 7.86. The Hall–Kier alpha value is -1.49. The number of carbonyl (C=O) groups excluding carboxylic acids is 1. The van der Waals surface area contributed by atoms with E-state index in [9.17, 15) is 13.2 Å². The lowest BCUT2D eigenvalue weighted by molar-refractivity contribution is 0.0612. The summed E-state index contributed by atoms with van der Waals surface area (Å²) in [5.74, 6) is -0.0685. The Balaban J connectivity index is 1.60. The second-order valence-electron chi connectivity index (χ2n) is 5.54. The van der Waals surface area contributed by atoms with Gasteiger partial charge in [-0.3, -0.25) is 4.79 Å². The molecule has 23 heavy (non-hydrogen) atoms. The molecule has 2 fully saturated rings.